The van der Waals surface area contributed by atoms with Crippen LogP contribution in [0.2, 0.25) is 0 Å². The molecule has 0 radical (unpaired) electrons. The molecule has 2 aromatic heterocycles. The van der Waals surface area contributed by atoms with Crippen molar-refractivity contribution in [2.24, 2.45) is 0 Å². The van der Waals surface area contributed by atoms with Gasteiger partial charge < -0.3 is 9.30 Å². The third-order valence-electron chi connectivity index (χ3n) is 5.40. The zero-order chi connectivity index (χ0) is 24.2. The molecule has 3 rings (SSSR count). The van der Waals surface area contributed by atoms with E-state index >= 15 is 0 Å². The van der Waals surface area contributed by atoms with Crippen molar-refractivity contribution < 1.29 is 22.7 Å². The predicted molar refractivity (Wildman–Crippen MR) is 128 cm³/mol. The van der Waals surface area contributed by atoms with Gasteiger partial charge in [0.05, 0.1) is 4.90 Å². The molecule has 3 aromatic rings. The lowest BCUT2D eigenvalue weighted by Gasteiger charge is -2.14. The molecule has 33 heavy (non-hydrogen) atoms. The zero-order valence-corrected chi connectivity index (χ0v) is 20.8. The van der Waals surface area contributed by atoms with E-state index in [1.807, 2.05) is 32.2 Å². The summed E-state index contributed by atoms with van der Waals surface area (Å²) < 4.78 is 34.4. The summed E-state index contributed by atoms with van der Waals surface area (Å²) in [5.74, 6) is -1.14. The van der Waals surface area contributed by atoms with Gasteiger partial charge in [-0.1, -0.05) is 23.8 Å². The molecular weight excluding hydrogens is 460 g/mol. The molecule has 2 heterocycles. The van der Waals surface area contributed by atoms with E-state index < -0.39 is 28.6 Å². The van der Waals surface area contributed by atoms with E-state index in [9.17, 15) is 18.0 Å². The van der Waals surface area contributed by atoms with Gasteiger partial charge in [-0.25, -0.2) is 8.42 Å². The van der Waals surface area contributed by atoms with Crippen LogP contribution in [0, 0.1) is 20.8 Å². The van der Waals surface area contributed by atoms with E-state index in [1.54, 1.807) is 29.5 Å². The summed E-state index contributed by atoms with van der Waals surface area (Å²) in [5, 5.41) is 2.04. The average Bonchev–Trinajstić information content (AvgIpc) is 3.38. The lowest BCUT2D eigenvalue weighted by atomic mass is 10.1. The molecule has 1 aromatic carbocycles. The second-order valence-electron chi connectivity index (χ2n) is 7.95. The lowest BCUT2D eigenvalue weighted by Crippen LogP contribution is -2.40. The highest BCUT2D eigenvalue weighted by atomic mass is 32.2. The lowest BCUT2D eigenvalue weighted by molar-refractivity contribution is -0.144. The highest BCUT2D eigenvalue weighted by molar-refractivity contribution is 7.89. The molecule has 0 saturated carbocycles. The van der Waals surface area contributed by atoms with E-state index in [1.165, 1.54) is 23.9 Å². The standard InChI is InChI=1S/C24H28N2O5S2/c1-16-7-9-21(10-8-16)33(29,30)25-18(3)24(28)31-15-23(27)22-14-17(2)26(19(22)4)12-11-20-6-5-13-32-20/h5-10,13-14,18,25H,11-12,15H2,1-4H3/t18-/m0/s1. The molecule has 0 fully saturated rings. The van der Waals surface area contributed by atoms with Gasteiger partial charge >= 0.3 is 5.97 Å². The van der Waals surface area contributed by atoms with Crippen LogP contribution in [0.5, 0.6) is 0 Å². The Morgan fingerprint density at radius 3 is 2.45 bits per heavy atom. The summed E-state index contributed by atoms with van der Waals surface area (Å²) in [4.78, 5) is 26.4. The summed E-state index contributed by atoms with van der Waals surface area (Å²) >= 11 is 1.70. The third-order valence-corrected chi connectivity index (χ3v) is 7.89. The molecule has 7 nitrogen and oxygen atoms in total. The Labute approximate surface area is 198 Å². The molecule has 0 unspecified atom stereocenters. The number of hydrogen-bond acceptors (Lipinski definition) is 6. The van der Waals surface area contributed by atoms with Gasteiger partial charge in [0.2, 0.25) is 15.8 Å². The van der Waals surface area contributed by atoms with Crippen LogP contribution >= 0.6 is 11.3 Å². The Kier molecular flexibility index (Phi) is 7.88. The first-order valence-corrected chi connectivity index (χ1v) is 12.9. The number of ketones is 1. The van der Waals surface area contributed by atoms with Gasteiger partial charge in [0.25, 0.3) is 0 Å². The van der Waals surface area contributed by atoms with E-state index in [4.69, 9.17) is 4.74 Å². The number of thiophene rings is 1. The van der Waals surface area contributed by atoms with Gasteiger partial charge in [-0.2, -0.15) is 4.72 Å². The largest absolute Gasteiger partial charge is 0.456 e. The van der Waals surface area contributed by atoms with Gasteiger partial charge in [0, 0.05) is 28.4 Å². The number of Topliss-reactive ketones (excluding diaryl/α,β-unsaturated/α-hetero) is 1. The van der Waals surface area contributed by atoms with Crippen LogP contribution in [0.3, 0.4) is 0 Å². The monoisotopic (exact) mass is 488 g/mol. The normalized spacial score (nSPS) is 12.5. The number of ether oxygens (including phenoxy) is 1. The molecule has 0 aliphatic carbocycles. The molecule has 0 amide bonds. The number of benzene rings is 1. The molecule has 0 aliphatic rings. The molecule has 0 bridgehead atoms. The number of rotatable bonds is 10. The Balaban J connectivity index is 1.58. The molecule has 1 N–H and O–H groups in total. The minimum absolute atomic E-state index is 0.0545. The number of esters is 1. The first kappa shape index (κ1) is 24.9. The van der Waals surface area contributed by atoms with Crippen molar-refractivity contribution in [1.82, 2.24) is 9.29 Å². The minimum atomic E-state index is -3.88. The Morgan fingerprint density at radius 1 is 1.12 bits per heavy atom. The molecule has 9 heteroatoms. The van der Waals surface area contributed by atoms with Crippen molar-refractivity contribution in [2.75, 3.05) is 6.61 Å². The fourth-order valence-corrected chi connectivity index (χ4v) is 5.40. The number of aryl methyl sites for hydroxylation is 3. The van der Waals surface area contributed by atoms with Gasteiger partial charge in [-0.15, -0.1) is 11.3 Å². The van der Waals surface area contributed by atoms with Crippen LogP contribution in [-0.2, 0) is 32.5 Å². The number of aromatic nitrogens is 1. The van der Waals surface area contributed by atoms with Crippen LogP contribution in [0.4, 0.5) is 0 Å². The number of sulfonamides is 1. The van der Waals surface area contributed by atoms with Crippen molar-refractivity contribution in [3.05, 3.63) is 75.2 Å². The van der Waals surface area contributed by atoms with Crippen molar-refractivity contribution >= 4 is 33.1 Å². The van der Waals surface area contributed by atoms with Crippen molar-refractivity contribution in [3.8, 4) is 0 Å². The van der Waals surface area contributed by atoms with Gasteiger partial charge in [0.1, 0.15) is 6.04 Å². The fourth-order valence-electron chi connectivity index (χ4n) is 3.51. The molecule has 176 valence electrons. The quantitative estimate of drug-likeness (QED) is 0.346. The molecule has 0 spiro atoms. The third kappa shape index (κ3) is 6.19. The van der Waals surface area contributed by atoms with Gasteiger partial charge in [-0.3, -0.25) is 9.59 Å². The molecular formula is C24H28N2O5S2. The number of carbonyl (C=O) groups is 2. The number of hydrogen-bond donors (Lipinski definition) is 1. The Hall–Kier alpha value is -2.75. The second kappa shape index (κ2) is 10.5. The van der Waals surface area contributed by atoms with Crippen LogP contribution in [0.1, 0.15) is 39.1 Å². The maximum atomic E-state index is 12.7. The molecule has 0 saturated heterocycles. The Morgan fingerprint density at radius 2 is 1.82 bits per heavy atom. The molecule has 0 aliphatic heterocycles. The highest BCUT2D eigenvalue weighted by Gasteiger charge is 2.24. The van der Waals surface area contributed by atoms with Crippen LogP contribution in [0.25, 0.3) is 0 Å². The minimum Gasteiger partial charge on any atom is -0.456 e. The maximum absolute atomic E-state index is 12.7. The van der Waals surface area contributed by atoms with Crippen molar-refractivity contribution in [2.45, 2.75) is 51.6 Å². The predicted octanol–water partition coefficient (Wildman–Crippen LogP) is 3.81. The first-order valence-electron chi connectivity index (χ1n) is 10.6. The number of carbonyl (C=O) groups excluding carboxylic acids is 2. The summed E-state index contributed by atoms with van der Waals surface area (Å²) in [6.07, 6.45) is 0.870. The van der Waals surface area contributed by atoms with Crippen LogP contribution in [0.15, 0.2) is 52.7 Å². The van der Waals surface area contributed by atoms with E-state index in [2.05, 4.69) is 15.4 Å². The van der Waals surface area contributed by atoms with Crippen molar-refractivity contribution in [1.29, 1.82) is 0 Å². The number of nitrogens with one attached hydrogen (secondary N) is 1. The SMILES string of the molecule is Cc1ccc(S(=O)(=O)N[C@@H](C)C(=O)OCC(=O)c2cc(C)n(CCc3cccs3)c2C)cc1. The van der Waals surface area contributed by atoms with Crippen LogP contribution < -0.4 is 4.72 Å². The van der Waals surface area contributed by atoms with Gasteiger partial charge in [-0.05, 0) is 63.8 Å². The van der Waals surface area contributed by atoms with E-state index in [0.29, 0.717) is 5.56 Å². The summed E-state index contributed by atoms with van der Waals surface area (Å²) in [6.45, 7) is 7.34. The van der Waals surface area contributed by atoms with Crippen molar-refractivity contribution in [3.63, 3.8) is 0 Å². The summed E-state index contributed by atoms with van der Waals surface area (Å²) in [6, 6.07) is 11.0. The summed E-state index contributed by atoms with van der Waals surface area (Å²) in [5.41, 5.74) is 3.20. The highest BCUT2D eigenvalue weighted by Crippen LogP contribution is 2.18. The number of nitrogens with zero attached hydrogens (tertiary/aromatic N) is 1. The smallest absolute Gasteiger partial charge is 0.324 e. The van der Waals surface area contributed by atoms with Crippen LogP contribution in [-0.4, -0.2) is 37.4 Å². The topological polar surface area (TPSA) is 94.5 Å². The molecule has 1 atom stereocenters. The zero-order valence-electron chi connectivity index (χ0n) is 19.1. The van der Waals surface area contributed by atoms with Gasteiger partial charge in [0.15, 0.2) is 6.61 Å². The first-order chi connectivity index (χ1) is 15.6. The second-order valence-corrected chi connectivity index (χ2v) is 10.7. The Bertz CT molecular complexity index is 1230. The maximum Gasteiger partial charge on any atom is 0.324 e. The summed E-state index contributed by atoms with van der Waals surface area (Å²) in [7, 11) is -3.88. The average molecular weight is 489 g/mol. The van der Waals surface area contributed by atoms with E-state index in [0.717, 1.165) is 29.9 Å². The fraction of sp³-hybridized carbons (Fsp3) is 0.333. The van der Waals surface area contributed by atoms with E-state index in [-0.39, 0.29) is 10.7 Å².